The van der Waals surface area contributed by atoms with Gasteiger partial charge in [0.05, 0.1) is 13.5 Å². The highest BCUT2D eigenvalue weighted by Crippen LogP contribution is 2.19. The molecule has 96 valence electrons. The van der Waals surface area contributed by atoms with E-state index < -0.39 is 5.97 Å². The summed E-state index contributed by atoms with van der Waals surface area (Å²) in [7, 11) is 1.26. The van der Waals surface area contributed by atoms with Crippen LogP contribution in [0.4, 0.5) is 0 Å². The van der Waals surface area contributed by atoms with Crippen LogP contribution < -0.4 is 0 Å². The van der Waals surface area contributed by atoms with Crippen LogP contribution in [0.1, 0.15) is 28.8 Å². The van der Waals surface area contributed by atoms with Gasteiger partial charge in [-0.3, -0.25) is 9.59 Å². The molecule has 0 amide bonds. The minimum Gasteiger partial charge on any atom is -0.508 e. The van der Waals surface area contributed by atoms with Crippen LogP contribution in [0.5, 0.6) is 5.75 Å². The summed E-state index contributed by atoms with van der Waals surface area (Å²) in [5, 5.41) is 9.46. The first-order valence-electron chi connectivity index (χ1n) is 5.44. The maximum absolute atomic E-state index is 11.8. The normalized spacial score (nSPS) is 9.83. The number of aldehydes is 1. The number of ketones is 1. The van der Waals surface area contributed by atoms with Gasteiger partial charge in [-0.15, -0.1) is 0 Å². The van der Waals surface area contributed by atoms with Crippen LogP contribution in [0.25, 0.3) is 0 Å². The molecule has 0 atom stereocenters. The van der Waals surface area contributed by atoms with Crippen molar-refractivity contribution in [2.24, 2.45) is 0 Å². The van der Waals surface area contributed by atoms with Crippen molar-refractivity contribution in [3.05, 3.63) is 29.3 Å². The van der Waals surface area contributed by atoms with Gasteiger partial charge < -0.3 is 14.6 Å². The first-order chi connectivity index (χ1) is 8.58. The van der Waals surface area contributed by atoms with Crippen LogP contribution in [-0.4, -0.2) is 30.3 Å². The molecule has 0 bridgehead atoms. The quantitative estimate of drug-likeness (QED) is 0.467. The molecule has 0 saturated heterocycles. The van der Waals surface area contributed by atoms with Gasteiger partial charge in [0.2, 0.25) is 0 Å². The molecule has 1 N–H and O–H groups in total. The Bertz CT molecular complexity index is 464. The standard InChI is InChI=1S/C13H14O5/c1-18-13(17)5-4-12(16)9-2-3-11(15)10(8-9)6-7-14/h2-3,7-8,15H,4-6H2,1H3. The number of phenols is 1. The van der Waals surface area contributed by atoms with Crippen LogP contribution >= 0.6 is 0 Å². The van der Waals surface area contributed by atoms with E-state index >= 15 is 0 Å². The van der Waals surface area contributed by atoms with Gasteiger partial charge in [-0.1, -0.05) is 0 Å². The van der Waals surface area contributed by atoms with Gasteiger partial charge in [0.15, 0.2) is 5.78 Å². The zero-order chi connectivity index (χ0) is 13.5. The van der Waals surface area contributed by atoms with Crippen molar-refractivity contribution >= 4 is 18.0 Å². The summed E-state index contributed by atoms with van der Waals surface area (Å²) < 4.78 is 4.44. The molecule has 0 aliphatic rings. The minimum absolute atomic E-state index is 0.0131. The second kappa shape index (κ2) is 6.54. The summed E-state index contributed by atoms with van der Waals surface area (Å²) in [5.74, 6) is -0.700. The summed E-state index contributed by atoms with van der Waals surface area (Å²) in [6, 6.07) is 4.29. The molecule has 0 heterocycles. The van der Waals surface area contributed by atoms with E-state index in [1.807, 2.05) is 0 Å². The molecule has 1 aromatic carbocycles. The lowest BCUT2D eigenvalue weighted by atomic mass is 10.0. The fourth-order valence-corrected chi connectivity index (χ4v) is 1.47. The lowest BCUT2D eigenvalue weighted by Crippen LogP contribution is -2.06. The molecule has 1 rings (SSSR count). The molecule has 0 aliphatic carbocycles. The molecule has 1 aromatic rings. The molecule has 0 radical (unpaired) electrons. The molecule has 0 aliphatic heterocycles. The highest BCUT2D eigenvalue weighted by atomic mass is 16.5. The Balaban J connectivity index is 2.76. The van der Waals surface area contributed by atoms with Crippen molar-refractivity contribution in [1.29, 1.82) is 0 Å². The Morgan fingerprint density at radius 1 is 1.33 bits per heavy atom. The molecule has 18 heavy (non-hydrogen) atoms. The Morgan fingerprint density at radius 3 is 2.67 bits per heavy atom. The number of carbonyl (C=O) groups is 3. The maximum Gasteiger partial charge on any atom is 0.305 e. The molecule has 0 saturated carbocycles. The van der Waals surface area contributed by atoms with Crippen molar-refractivity contribution in [2.45, 2.75) is 19.3 Å². The van der Waals surface area contributed by atoms with Gasteiger partial charge in [-0.25, -0.2) is 0 Å². The Labute approximate surface area is 104 Å². The molecule has 0 unspecified atom stereocenters. The summed E-state index contributed by atoms with van der Waals surface area (Å²) in [5.41, 5.74) is 0.766. The first kappa shape index (κ1) is 13.9. The topological polar surface area (TPSA) is 80.7 Å². The zero-order valence-corrected chi connectivity index (χ0v) is 10.0. The molecular weight excluding hydrogens is 236 g/mol. The number of hydrogen-bond acceptors (Lipinski definition) is 5. The maximum atomic E-state index is 11.8. The number of aromatic hydroxyl groups is 1. The van der Waals surface area contributed by atoms with E-state index in [9.17, 15) is 19.5 Å². The van der Waals surface area contributed by atoms with Crippen LogP contribution in [-0.2, 0) is 20.7 Å². The molecule has 0 aromatic heterocycles. The number of Topliss-reactive ketones (excluding diaryl/α,β-unsaturated/α-hetero) is 1. The molecule has 5 nitrogen and oxygen atoms in total. The van der Waals surface area contributed by atoms with E-state index in [2.05, 4.69) is 4.74 Å². The summed E-state index contributed by atoms with van der Waals surface area (Å²) >= 11 is 0. The predicted molar refractivity (Wildman–Crippen MR) is 63.5 cm³/mol. The summed E-state index contributed by atoms with van der Waals surface area (Å²) in [6.45, 7) is 0. The average molecular weight is 250 g/mol. The van der Waals surface area contributed by atoms with Gasteiger partial charge in [0, 0.05) is 24.0 Å². The second-order valence-electron chi connectivity index (χ2n) is 3.71. The predicted octanol–water partition coefficient (Wildman–Crippen LogP) is 1.27. The summed E-state index contributed by atoms with van der Waals surface area (Å²) in [6.07, 6.45) is 0.749. The number of rotatable bonds is 6. The number of methoxy groups -OCH3 is 1. The SMILES string of the molecule is COC(=O)CCC(=O)c1ccc(O)c(CC=O)c1. The molecular formula is C13H14O5. The number of esters is 1. The molecule has 0 spiro atoms. The third kappa shape index (κ3) is 3.69. The van der Waals surface area contributed by atoms with Crippen LogP contribution in [0, 0.1) is 0 Å². The van der Waals surface area contributed by atoms with E-state index in [4.69, 9.17) is 0 Å². The van der Waals surface area contributed by atoms with Crippen molar-refractivity contribution in [3.63, 3.8) is 0 Å². The van der Waals surface area contributed by atoms with Crippen molar-refractivity contribution < 1.29 is 24.2 Å². The van der Waals surface area contributed by atoms with Gasteiger partial charge >= 0.3 is 5.97 Å². The minimum atomic E-state index is -0.449. The third-order valence-electron chi connectivity index (χ3n) is 2.49. The largest absolute Gasteiger partial charge is 0.508 e. The van der Waals surface area contributed by atoms with E-state index in [0.717, 1.165) is 0 Å². The molecule has 0 fully saturated rings. The Kier molecular flexibility index (Phi) is 5.05. The molecule has 5 heteroatoms. The number of phenolic OH excluding ortho intramolecular Hbond substituents is 1. The van der Waals surface area contributed by atoms with Gasteiger partial charge in [0.25, 0.3) is 0 Å². The third-order valence-corrected chi connectivity index (χ3v) is 2.49. The number of hydrogen-bond donors (Lipinski definition) is 1. The first-order valence-corrected chi connectivity index (χ1v) is 5.44. The average Bonchev–Trinajstić information content (AvgIpc) is 2.38. The van der Waals surface area contributed by atoms with Crippen molar-refractivity contribution in [2.75, 3.05) is 7.11 Å². The lowest BCUT2D eigenvalue weighted by Gasteiger charge is -2.05. The van der Waals surface area contributed by atoms with Crippen molar-refractivity contribution in [1.82, 2.24) is 0 Å². The second-order valence-corrected chi connectivity index (χ2v) is 3.71. The van der Waals surface area contributed by atoms with E-state index in [1.165, 1.54) is 25.3 Å². The monoisotopic (exact) mass is 250 g/mol. The fraction of sp³-hybridized carbons (Fsp3) is 0.308. The van der Waals surface area contributed by atoms with Crippen LogP contribution in [0.15, 0.2) is 18.2 Å². The van der Waals surface area contributed by atoms with Crippen LogP contribution in [0.3, 0.4) is 0 Å². The smallest absolute Gasteiger partial charge is 0.305 e. The highest BCUT2D eigenvalue weighted by molar-refractivity contribution is 5.98. The van der Waals surface area contributed by atoms with Crippen molar-refractivity contribution in [3.8, 4) is 5.75 Å². The van der Waals surface area contributed by atoms with E-state index in [1.54, 1.807) is 0 Å². The highest BCUT2D eigenvalue weighted by Gasteiger charge is 2.11. The van der Waals surface area contributed by atoms with Gasteiger partial charge in [-0.2, -0.15) is 0 Å². The van der Waals surface area contributed by atoms with Crippen LogP contribution in [0.2, 0.25) is 0 Å². The van der Waals surface area contributed by atoms with Gasteiger partial charge in [0.1, 0.15) is 12.0 Å². The lowest BCUT2D eigenvalue weighted by molar-refractivity contribution is -0.140. The zero-order valence-electron chi connectivity index (χ0n) is 10.0. The fourth-order valence-electron chi connectivity index (χ4n) is 1.47. The van der Waals surface area contributed by atoms with E-state index in [-0.39, 0.29) is 30.8 Å². The van der Waals surface area contributed by atoms with Gasteiger partial charge in [-0.05, 0) is 18.2 Å². The number of benzene rings is 1. The van der Waals surface area contributed by atoms with E-state index in [0.29, 0.717) is 17.4 Å². The Morgan fingerprint density at radius 2 is 2.06 bits per heavy atom. The summed E-state index contributed by atoms with van der Waals surface area (Å²) in [4.78, 5) is 33.1. The number of carbonyl (C=O) groups excluding carboxylic acids is 3. The number of ether oxygens (including phenoxy) is 1. The Hall–Kier alpha value is -2.17.